The van der Waals surface area contributed by atoms with Crippen molar-refractivity contribution in [1.29, 1.82) is 0 Å². The molecule has 0 unspecified atom stereocenters. The van der Waals surface area contributed by atoms with E-state index in [4.69, 9.17) is 11.6 Å². The van der Waals surface area contributed by atoms with Crippen molar-refractivity contribution < 1.29 is 22.4 Å². The standard InChI is InChI=1S/C24H31ClFN3O4S/c1-5-22(24(31)27-14-17(2)3)28(15-18-6-8-19(25)9-7-18)23(30)16-29(34(4,32)33)21-12-10-20(26)11-13-21/h6-13,17,22H,5,14-16H2,1-4H3,(H,27,31)/t22-/m0/s1. The number of nitrogens with one attached hydrogen (secondary N) is 1. The molecule has 2 aromatic carbocycles. The monoisotopic (exact) mass is 511 g/mol. The molecule has 2 rings (SSSR count). The van der Waals surface area contributed by atoms with E-state index in [1.807, 2.05) is 13.8 Å². The third-order valence-electron chi connectivity index (χ3n) is 5.13. The number of sulfonamides is 1. The topological polar surface area (TPSA) is 86.8 Å². The van der Waals surface area contributed by atoms with Crippen molar-refractivity contribution in [3.63, 3.8) is 0 Å². The lowest BCUT2D eigenvalue weighted by Crippen LogP contribution is -2.52. The molecule has 0 saturated carbocycles. The molecule has 0 aliphatic carbocycles. The molecule has 0 spiro atoms. The van der Waals surface area contributed by atoms with Gasteiger partial charge in [-0.1, -0.05) is 44.5 Å². The zero-order valence-electron chi connectivity index (χ0n) is 19.8. The SMILES string of the molecule is CC[C@@H](C(=O)NCC(C)C)N(Cc1ccc(Cl)cc1)C(=O)CN(c1ccc(F)cc1)S(C)(=O)=O. The molecule has 0 heterocycles. The first-order chi connectivity index (χ1) is 15.9. The minimum Gasteiger partial charge on any atom is -0.354 e. The van der Waals surface area contributed by atoms with Crippen LogP contribution in [-0.4, -0.2) is 50.5 Å². The van der Waals surface area contributed by atoms with E-state index in [0.29, 0.717) is 18.0 Å². The van der Waals surface area contributed by atoms with Crippen LogP contribution in [-0.2, 0) is 26.2 Å². The van der Waals surface area contributed by atoms with Crippen LogP contribution in [0.15, 0.2) is 48.5 Å². The summed E-state index contributed by atoms with van der Waals surface area (Å²) in [7, 11) is -3.87. The number of carbonyl (C=O) groups is 2. The summed E-state index contributed by atoms with van der Waals surface area (Å²) in [5.74, 6) is -1.18. The van der Waals surface area contributed by atoms with Gasteiger partial charge in [0.15, 0.2) is 0 Å². The number of benzene rings is 2. The van der Waals surface area contributed by atoms with Gasteiger partial charge in [-0.05, 0) is 54.3 Å². The molecule has 0 saturated heterocycles. The Bertz CT molecular complexity index is 1080. The summed E-state index contributed by atoms with van der Waals surface area (Å²) in [6, 6.07) is 10.9. The van der Waals surface area contributed by atoms with Crippen LogP contribution in [0.1, 0.15) is 32.8 Å². The molecular formula is C24H31ClFN3O4S. The first-order valence-corrected chi connectivity index (χ1v) is 13.2. The summed E-state index contributed by atoms with van der Waals surface area (Å²) in [6.07, 6.45) is 1.30. The van der Waals surface area contributed by atoms with E-state index in [1.165, 1.54) is 17.0 Å². The van der Waals surface area contributed by atoms with Gasteiger partial charge in [0.1, 0.15) is 18.4 Å². The second-order valence-electron chi connectivity index (χ2n) is 8.46. The molecule has 34 heavy (non-hydrogen) atoms. The fourth-order valence-electron chi connectivity index (χ4n) is 3.35. The average molecular weight is 512 g/mol. The highest BCUT2D eigenvalue weighted by atomic mass is 35.5. The smallest absolute Gasteiger partial charge is 0.244 e. The molecule has 0 bridgehead atoms. The van der Waals surface area contributed by atoms with Crippen molar-refractivity contribution in [1.82, 2.24) is 10.2 Å². The average Bonchev–Trinajstić information content (AvgIpc) is 2.77. The molecule has 7 nitrogen and oxygen atoms in total. The van der Waals surface area contributed by atoms with E-state index in [0.717, 1.165) is 28.3 Å². The van der Waals surface area contributed by atoms with Gasteiger partial charge in [-0.3, -0.25) is 13.9 Å². The Morgan fingerprint density at radius 3 is 2.15 bits per heavy atom. The van der Waals surface area contributed by atoms with Crippen LogP contribution in [0, 0.1) is 11.7 Å². The highest BCUT2D eigenvalue weighted by Crippen LogP contribution is 2.20. The summed E-state index contributed by atoms with van der Waals surface area (Å²) < 4.78 is 39.3. The number of nitrogens with zero attached hydrogens (tertiary/aromatic N) is 2. The van der Waals surface area contributed by atoms with Crippen molar-refractivity contribution in [3.05, 3.63) is 64.9 Å². The molecule has 0 fully saturated rings. The van der Waals surface area contributed by atoms with Crippen molar-refractivity contribution in [2.24, 2.45) is 5.92 Å². The Hall–Kier alpha value is -2.65. The molecule has 10 heteroatoms. The highest BCUT2D eigenvalue weighted by Gasteiger charge is 2.31. The number of halogens is 2. The Morgan fingerprint density at radius 1 is 1.06 bits per heavy atom. The quantitative estimate of drug-likeness (QED) is 0.497. The summed E-state index contributed by atoms with van der Waals surface area (Å²) >= 11 is 5.98. The van der Waals surface area contributed by atoms with Crippen LogP contribution in [0.3, 0.4) is 0 Å². The summed E-state index contributed by atoms with van der Waals surface area (Å²) in [5, 5.41) is 3.39. The highest BCUT2D eigenvalue weighted by molar-refractivity contribution is 7.92. The van der Waals surface area contributed by atoms with E-state index in [-0.39, 0.29) is 24.1 Å². The van der Waals surface area contributed by atoms with E-state index in [1.54, 1.807) is 31.2 Å². The van der Waals surface area contributed by atoms with Crippen LogP contribution in [0.2, 0.25) is 5.02 Å². The molecule has 0 aliphatic heterocycles. The molecule has 2 amide bonds. The van der Waals surface area contributed by atoms with Gasteiger partial charge in [0.2, 0.25) is 21.8 Å². The predicted molar refractivity (Wildman–Crippen MR) is 133 cm³/mol. The van der Waals surface area contributed by atoms with Crippen molar-refractivity contribution in [3.8, 4) is 0 Å². The third kappa shape index (κ3) is 7.99. The van der Waals surface area contributed by atoms with Crippen LogP contribution in [0.4, 0.5) is 10.1 Å². The molecule has 1 atom stereocenters. The van der Waals surface area contributed by atoms with Crippen molar-refractivity contribution in [2.45, 2.75) is 39.8 Å². The number of amides is 2. The van der Waals surface area contributed by atoms with E-state index in [9.17, 15) is 22.4 Å². The number of hydrogen-bond acceptors (Lipinski definition) is 4. The number of carbonyl (C=O) groups excluding carboxylic acids is 2. The zero-order chi connectivity index (χ0) is 25.5. The predicted octanol–water partition coefficient (Wildman–Crippen LogP) is 3.82. The lowest BCUT2D eigenvalue weighted by atomic mass is 10.1. The van der Waals surface area contributed by atoms with Gasteiger partial charge < -0.3 is 10.2 Å². The Balaban J connectivity index is 2.39. The Labute approximate surface area is 205 Å². The van der Waals surface area contributed by atoms with E-state index in [2.05, 4.69) is 5.32 Å². The fraction of sp³-hybridized carbons (Fsp3) is 0.417. The lowest BCUT2D eigenvalue weighted by Gasteiger charge is -2.33. The summed E-state index contributed by atoms with van der Waals surface area (Å²) in [6.45, 7) is 5.71. The molecule has 2 aromatic rings. The fourth-order valence-corrected chi connectivity index (χ4v) is 4.33. The zero-order valence-corrected chi connectivity index (χ0v) is 21.4. The molecule has 0 aliphatic rings. The maximum Gasteiger partial charge on any atom is 0.244 e. The van der Waals surface area contributed by atoms with Crippen LogP contribution >= 0.6 is 11.6 Å². The van der Waals surface area contributed by atoms with E-state index < -0.39 is 34.3 Å². The van der Waals surface area contributed by atoms with Gasteiger partial charge in [0.05, 0.1) is 11.9 Å². The van der Waals surface area contributed by atoms with Crippen molar-refractivity contribution >= 4 is 39.1 Å². The minimum absolute atomic E-state index is 0.0879. The molecule has 186 valence electrons. The van der Waals surface area contributed by atoms with Gasteiger partial charge in [-0.15, -0.1) is 0 Å². The number of hydrogen-bond donors (Lipinski definition) is 1. The summed E-state index contributed by atoms with van der Waals surface area (Å²) in [5.41, 5.74) is 0.890. The first-order valence-electron chi connectivity index (χ1n) is 11.0. The normalized spacial score (nSPS) is 12.3. The van der Waals surface area contributed by atoms with Gasteiger partial charge in [0, 0.05) is 18.1 Å². The maximum absolute atomic E-state index is 13.5. The van der Waals surface area contributed by atoms with E-state index >= 15 is 0 Å². The second-order valence-corrected chi connectivity index (χ2v) is 10.8. The maximum atomic E-state index is 13.5. The molecule has 0 aromatic heterocycles. The molecular weight excluding hydrogens is 481 g/mol. The van der Waals surface area contributed by atoms with Gasteiger partial charge >= 0.3 is 0 Å². The number of anilines is 1. The largest absolute Gasteiger partial charge is 0.354 e. The van der Waals surface area contributed by atoms with Gasteiger partial charge in [-0.2, -0.15) is 0 Å². The van der Waals surface area contributed by atoms with Crippen LogP contribution < -0.4 is 9.62 Å². The van der Waals surface area contributed by atoms with Gasteiger partial charge in [-0.25, -0.2) is 12.8 Å². The minimum atomic E-state index is -3.87. The Morgan fingerprint density at radius 2 is 1.65 bits per heavy atom. The van der Waals surface area contributed by atoms with Gasteiger partial charge in [0.25, 0.3) is 0 Å². The summed E-state index contributed by atoms with van der Waals surface area (Å²) in [4.78, 5) is 27.8. The number of rotatable bonds is 11. The second kappa shape index (κ2) is 12.2. The molecule has 0 radical (unpaired) electrons. The lowest BCUT2D eigenvalue weighted by molar-refractivity contribution is -0.140. The van der Waals surface area contributed by atoms with Crippen LogP contribution in [0.5, 0.6) is 0 Å². The first kappa shape index (κ1) is 27.6. The van der Waals surface area contributed by atoms with Crippen molar-refractivity contribution in [2.75, 3.05) is 23.7 Å². The third-order valence-corrected chi connectivity index (χ3v) is 6.52. The molecule has 1 N–H and O–H groups in total. The Kier molecular flexibility index (Phi) is 9.88. The van der Waals surface area contributed by atoms with Crippen LogP contribution in [0.25, 0.3) is 0 Å².